The van der Waals surface area contributed by atoms with E-state index in [0.29, 0.717) is 12.2 Å². The predicted octanol–water partition coefficient (Wildman–Crippen LogP) is 3.43. The number of nitrogens with one attached hydrogen (secondary N) is 1. The van der Waals surface area contributed by atoms with Crippen LogP contribution in [-0.4, -0.2) is 19.0 Å². The van der Waals surface area contributed by atoms with Gasteiger partial charge in [-0.1, -0.05) is 18.2 Å². The van der Waals surface area contributed by atoms with Crippen molar-refractivity contribution in [2.45, 2.75) is 6.92 Å². The van der Waals surface area contributed by atoms with E-state index in [0.717, 1.165) is 0 Å². The first-order valence-electron chi connectivity index (χ1n) is 6.65. The topological polar surface area (TPSA) is 32.3 Å². The zero-order chi connectivity index (χ0) is 15.2. The number of halogens is 2. The second kappa shape index (κ2) is 6.83. The van der Waals surface area contributed by atoms with Crippen LogP contribution in [0.3, 0.4) is 0 Å². The first-order chi connectivity index (χ1) is 10.1. The summed E-state index contributed by atoms with van der Waals surface area (Å²) in [6.45, 7) is 2.42. The highest BCUT2D eigenvalue weighted by molar-refractivity contribution is 5.94. The zero-order valence-electron chi connectivity index (χ0n) is 11.6. The van der Waals surface area contributed by atoms with Crippen LogP contribution in [0.4, 0.5) is 20.2 Å². The zero-order valence-corrected chi connectivity index (χ0v) is 11.6. The molecule has 0 aliphatic rings. The van der Waals surface area contributed by atoms with Gasteiger partial charge in [0.15, 0.2) is 0 Å². The molecule has 0 radical (unpaired) electrons. The molecule has 0 atom stereocenters. The molecule has 0 aromatic heterocycles. The summed E-state index contributed by atoms with van der Waals surface area (Å²) in [5, 5.41) is 2.51. The summed E-state index contributed by atoms with van der Waals surface area (Å²) in [5.41, 5.74) is 0.749. The van der Waals surface area contributed by atoms with E-state index in [1.807, 2.05) is 6.92 Å². The molecule has 1 N–H and O–H groups in total. The van der Waals surface area contributed by atoms with Crippen molar-refractivity contribution in [1.29, 1.82) is 0 Å². The van der Waals surface area contributed by atoms with E-state index in [1.165, 1.54) is 24.3 Å². The van der Waals surface area contributed by atoms with E-state index in [2.05, 4.69) is 5.32 Å². The van der Waals surface area contributed by atoms with Gasteiger partial charge in [-0.2, -0.15) is 0 Å². The van der Waals surface area contributed by atoms with Gasteiger partial charge in [-0.15, -0.1) is 0 Å². The van der Waals surface area contributed by atoms with Crippen LogP contribution in [0.15, 0.2) is 48.5 Å². The monoisotopic (exact) mass is 290 g/mol. The van der Waals surface area contributed by atoms with E-state index in [4.69, 9.17) is 0 Å². The van der Waals surface area contributed by atoms with Crippen LogP contribution in [0.25, 0.3) is 0 Å². The van der Waals surface area contributed by atoms with E-state index in [1.54, 1.807) is 29.2 Å². The third kappa shape index (κ3) is 4.02. The van der Waals surface area contributed by atoms with Crippen LogP contribution in [0.2, 0.25) is 0 Å². The third-order valence-corrected chi connectivity index (χ3v) is 3.04. The molecule has 0 fully saturated rings. The lowest BCUT2D eigenvalue weighted by Crippen LogP contribution is -2.33. The minimum absolute atomic E-state index is 0.0221. The highest BCUT2D eigenvalue weighted by Crippen LogP contribution is 2.16. The summed E-state index contributed by atoms with van der Waals surface area (Å²) in [6.07, 6.45) is 0. The number of hydrogen-bond acceptors (Lipinski definition) is 2. The summed E-state index contributed by atoms with van der Waals surface area (Å²) in [4.78, 5) is 13.7. The number of hydrogen-bond donors (Lipinski definition) is 1. The van der Waals surface area contributed by atoms with Gasteiger partial charge in [0.1, 0.15) is 11.6 Å². The fourth-order valence-corrected chi connectivity index (χ4v) is 1.98. The van der Waals surface area contributed by atoms with Gasteiger partial charge < -0.3 is 10.2 Å². The highest BCUT2D eigenvalue weighted by Gasteiger charge is 2.12. The molecule has 0 aliphatic carbocycles. The molecule has 3 nitrogen and oxygen atoms in total. The van der Waals surface area contributed by atoms with Crippen LogP contribution >= 0.6 is 0 Å². The second-order valence-corrected chi connectivity index (χ2v) is 4.52. The number of rotatable bonds is 5. The lowest BCUT2D eigenvalue weighted by Gasteiger charge is -2.22. The Labute approximate surface area is 122 Å². The van der Waals surface area contributed by atoms with Crippen LogP contribution in [0.5, 0.6) is 0 Å². The predicted molar refractivity (Wildman–Crippen MR) is 79.3 cm³/mol. The molecule has 0 unspecified atom stereocenters. The lowest BCUT2D eigenvalue weighted by atomic mass is 10.2. The second-order valence-electron chi connectivity index (χ2n) is 4.52. The van der Waals surface area contributed by atoms with Gasteiger partial charge in [0.25, 0.3) is 0 Å². The fourth-order valence-electron chi connectivity index (χ4n) is 1.98. The van der Waals surface area contributed by atoms with Gasteiger partial charge in [0, 0.05) is 12.2 Å². The Morgan fingerprint density at radius 1 is 1.14 bits per heavy atom. The third-order valence-electron chi connectivity index (χ3n) is 3.04. The van der Waals surface area contributed by atoms with Gasteiger partial charge >= 0.3 is 0 Å². The molecule has 2 rings (SSSR count). The molecule has 1 amide bonds. The molecule has 0 saturated heterocycles. The molecular formula is C16H16F2N2O. The largest absolute Gasteiger partial charge is 0.362 e. The minimum atomic E-state index is -0.486. The SMILES string of the molecule is CCN(CC(=O)Nc1ccccc1F)c1cccc(F)c1. The van der Waals surface area contributed by atoms with Crippen LogP contribution in [0, 0.1) is 11.6 Å². The maximum atomic E-state index is 13.5. The number of carbonyl (C=O) groups is 1. The number of likely N-dealkylation sites (N-methyl/N-ethyl adjacent to an activating group) is 1. The Hall–Kier alpha value is -2.43. The number of carbonyl (C=O) groups excluding carboxylic acids is 1. The average Bonchev–Trinajstić information content (AvgIpc) is 2.47. The van der Waals surface area contributed by atoms with Gasteiger partial charge in [-0.25, -0.2) is 8.78 Å². The summed E-state index contributed by atoms with van der Waals surface area (Å²) >= 11 is 0. The van der Waals surface area contributed by atoms with Gasteiger partial charge in [0.05, 0.1) is 12.2 Å². The van der Waals surface area contributed by atoms with Crippen molar-refractivity contribution in [3.05, 3.63) is 60.2 Å². The number of amides is 1. The minimum Gasteiger partial charge on any atom is -0.362 e. The molecule has 5 heteroatoms. The molecule has 2 aromatic carbocycles. The summed E-state index contributed by atoms with van der Waals surface area (Å²) in [6, 6.07) is 12.0. The summed E-state index contributed by atoms with van der Waals surface area (Å²) < 4.78 is 26.7. The molecular weight excluding hydrogens is 274 g/mol. The van der Waals surface area contributed by atoms with Crippen LogP contribution in [0.1, 0.15) is 6.92 Å². The maximum Gasteiger partial charge on any atom is 0.243 e. The Kier molecular flexibility index (Phi) is 4.87. The number of benzene rings is 2. The van der Waals surface area contributed by atoms with Crippen molar-refractivity contribution in [2.24, 2.45) is 0 Å². The van der Waals surface area contributed by atoms with Gasteiger partial charge in [0.2, 0.25) is 5.91 Å². The van der Waals surface area contributed by atoms with Crippen molar-refractivity contribution in [2.75, 3.05) is 23.3 Å². The number of nitrogens with zero attached hydrogens (tertiary/aromatic N) is 1. The van der Waals surface area contributed by atoms with E-state index in [-0.39, 0.29) is 24.0 Å². The van der Waals surface area contributed by atoms with E-state index < -0.39 is 5.82 Å². The van der Waals surface area contributed by atoms with Crippen molar-refractivity contribution >= 4 is 17.3 Å². The first kappa shape index (κ1) is 15.0. The quantitative estimate of drug-likeness (QED) is 0.915. The molecule has 0 spiro atoms. The molecule has 0 aliphatic heterocycles. The summed E-state index contributed by atoms with van der Waals surface area (Å²) in [7, 11) is 0. The molecule has 0 saturated carbocycles. The molecule has 0 heterocycles. The highest BCUT2D eigenvalue weighted by atomic mass is 19.1. The number of para-hydroxylation sites is 1. The standard InChI is InChI=1S/C16H16F2N2O/c1-2-20(13-7-5-6-12(17)10-13)11-16(21)19-15-9-4-3-8-14(15)18/h3-10H,2,11H2,1H3,(H,19,21). The Bertz CT molecular complexity index is 631. The lowest BCUT2D eigenvalue weighted by molar-refractivity contribution is -0.115. The van der Waals surface area contributed by atoms with E-state index >= 15 is 0 Å². The summed E-state index contributed by atoms with van der Waals surface area (Å²) in [5.74, 6) is -1.20. The molecule has 2 aromatic rings. The smallest absolute Gasteiger partial charge is 0.243 e. The molecule has 0 bridgehead atoms. The Morgan fingerprint density at radius 2 is 1.90 bits per heavy atom. The van der Waals surface area contributed by atoms with E-state index in [9.17, 15) is 13.6 Å². The Morgan fingerprint density at radius 3 is 2.57 bits per heavy atom. The Balaban J connectivity index is 2.05. The van der Waals surface area contributed by atoms with Crippen molar-refractivity contribution in [3.8, 4) is 0 Å². The molecule has 110 valence electrons. The van der Waals surface area contributed by atoms with Crippen LogP contribution in [-0.2, 0) is 4.79 Å². The van der Waals surface area contributed by atoms with Crippen molar-refractivity contribution < 1.29 is 13.6 Å². The maximum absolute atomic E-state index is 13.5. The fraction of sp³-hybridized carbons (Fsp3) is 0.188. The van der Waals surface area contributed by atoms with Gasteiger partial charge in [-0.05, 0) is 37.3 Å². The van der Waals surface area contributed by atoms with Crippen LogP contribution < -0.4 is 10.2 Å². The van der Waals surface area contributed by atoms with Crippen molar-refractivity contribution in [3.63, 3.8) is 0 Å². The molecule has 21 heavy (non-hydrogen) atoms. The normalized spacial score (nSPS) is 10.2. The average molecular weight is 290 g/mol. The first-order valence-corrected chi connectivity index (χ1v) is 6.65. The van der Waals surface area contributed by atoms with Crippen molar-refractivity contribution in [1.82, 2.24) is 0 Å². The number of anilines is 2. The van der Waals surface area contributed by atoms with Gasteiger partial charge in [-0.3, -0.25) is 4.79 Å².